The lowest BCUT2D eigenvalue weighted by molar-refractivity contribution is 0.00578. The van der Waals surface area contributed by atoms with E-state index in [4.69, 9.17) is 9.31 Å². The molecule has 3 nitrogen and oxygen atoms in total. The minimum absolute atomic E-state index is 0.0499. The maximum atomic E-state index is 10.8. The molecule has 0 saturated carbocycles. The summed E-state index contributed by atoms with van der Waals surface area (Å²) in [7, 11) is -0.287. The van der Waals surface area contributed by atoms with Gasteiger partial charge in [-0.05, 0) is 56.4 Å². The van der Waals surface area contributed by atoms with Crippen molar-refractivity contribution in [2.45, 2.75) is 38.9 Å². The highest BCUT2D eigenvalue weighted by Gasteiger charge is 2.51. The van der Waals surface area contributed by atoms with Gasteiger partial charge in [-0.3, -0.25) is 4.57 Å². The monoisotopic (exact) mass is 326 g/mol. The quantitative estimate of drug-likeness (QED) is 0.639. The summed E-state index contributed by atoms with van der Waals surface area (Å²) >= 11 is 0. The lowest BCUT2D eigenvalue weighted by Gasteiger charge is -2.32. The molecule has 1 heterocycles. The smallest absolute Gasteiger partial charge is 0.399 e. The summed E-state index contributed by atoms with van der Waals surface area (Å²) in [4.78, 5) is 0. The predicted octanol–water partition coefficient (Wildman–Crippen LogP) is 3.57. The van der Waals surface area contributed by atoms with Crippen molar-refractivity contribution in [3.05, 3.63) is 48.5 Å². The molecule has 0 spiro atoms. The van der Waals surface area contributed by atoms with Crippen molar-refractivity contribution in [2.75, 3.05) is 0 Å². The van der Waals surface area contributed by atoms with Crippen LogP contribution in [-0.4, -0.2) is 18.3 Å². The van der Waals surface area contributed by atoms with Crippen LogP contribution >= 0.6 is 8.46 Å². The molecule has 0 unspecified atom stereocenters. The van der Waals surface area contributed by atoms with Gasteiger partial charge in [-0.25, -0.2) is 0 Å². The third-order valence-corrected chi connectivity index (χ3v) is 5.25. The molecule has 2 aromatic rings. The largest absolute Gasteiger partial charge is 0.494 e. The Hall–Kier alpha value is -1.48. The Morgan fingerprint density at radius 2 is 1.22 bits per heavy atom. The molecule has 1 aliphatic rings. The molecular formula is C18H20BO3P. The third-order valence-electron chi connectivity index (χ3n) is 4.74. The molecule has 0 aromatic heterocycles. The van der Waals surface area contributed by atoms with Crippen molar-refractivity contribution in [1.29, 1.82) is 0 Å². The minimum Gasteiger partial charge on any atom is -0.399 e. The van der Waals surface area contributed by atoms with Crippen molar-refractivity contribution in [3.63, 3.8) is 0 Å². The van der Waals surface area contributed by atoms with Crippen LogP contribution in [-0.2, 0) is 13.9 Å². The van der Waals surface area contributed by atoms with E-state index in [0.717, 1.165) is 21.9 Å². The van der Waals surface area contributed by atoms with E-state index in [0.29, 0.717) is 0 Å². The van der Waals surface area contributed by atoms with E-state index >= 15 is 0 Å². The molecule has 23 heavy (non-hydrogen) atoms. The lowest BCUT2D eigenvalue weighted by atomic mass is 9.78. The Kier molecular flexibility index (Phi) is 4.18. The average Bonchev–Trinajstić information content (AvgIpc) is 2.76. The van der Waals surface area contributed by atoms with Crippen molar-refractivity contribution < 1.29 is 13.9 Å². The zero-order valence-corrected chi connectivity index (χ0v) is 14.8. The fraction of sp³-hybridized carbons (Fsp3) is 0.333. The van der Waals surface area contributed by atoms with Gasteiger partial charge < -0.3 is 9.31 Å². The average molecular weight is 326 g/mol. The zero-order valence-electron chi connectivity index (χ0n) is 13.9. The van der Waals surface area contributed by atoms with Crippen molar-refractivity contribution >= 4 is 26.3 Å². The summed E-state index contributed by atoms with van der Waals surface area (Å²) < 4.78 is 23.0. The van der Waals surface area contributed by atoms with E-state index in [1.165, 1.54) is 0 Å². The second-order valence-corrected chi connectivity index (χ2v) is 7.55. The summed E-state index contributed by atoms with van der Waals surface area (Å²) in [5, 5.41) is 0.780. The van der Waals surface area contributed by atoms with Gasteiger partial charge in [-0.1, -0.05) is 36.4 Å². The van der Waals surface area contributed by atoms with Crippen molar-refractivity contribution in [2.24, 2.45) is 0 Å². The summed E-state index contributed by atoms with van der Waals surface area (Å²) in [5.41, 5.74) is 2.56. The first kappa shape index (κ1) is 16.4. The molecule has 1 fully saturated rings. The van der Waals surface area contributed by atoms with E-state index in [9.17, 15) is 4.57 Å². The van der Waals surface area contributed by atoms with Crippen LogP contribution in [0.25, 0.3) is 11.1 Å². The molecule has 0 aliphatic carbocycles. The molecule has 1 saturated heterocycles. The Labute approximate surface area is 139 Å². The van der Waals surface area contributed by atoms with E-state index in [2.05, 4.69) is 39.8 Å². The molecule has 2 aromatic carbocycles. The van der Waals surface area contributed by atoms with Gasteiger partial charge in [0.15, 0.2) is 8.46 Å². The molecule has 1 aliphatic heterocycles. The maximum absolute atomic E-state index is 10.8. The first-order valence-electron chi connectivity index (χ1n) is 7.72. The Morgan fingerprint density at radius 3 is 1.65 bits per heavy atom. The Balaban J connectivity index is 1.81. The normalized spacial score (nSPS) is 19.2. The van der Waals surface area contributed by atoms with Crippen LogP contribution in [0.4, 0.5) is 0 Å². The molecule has 0 amide bonds. The Bertz CT molecular complexity index is 692. The van der Waals surface area contributed by atoms with Gasteiger partial charge in [-0.15, -0.1) is 0 Å². The highest BCUT2D eigenvalue weighted by molar-refractivity contribution is 7.34. The zero-order chi connectivity index (χ0) is 16.7. The van der Waals surface area contributed by atoms with Crippen LogP contribution in [0.3, 0.4) is 0 Å². The van der Waals surface area contributed by atoms with Crippen LogP contribution in [0.1, 0.15) is 27.7 Å². The van der Waals surface area contributed by atoms with E-state index in [1.54, 1.807) is 0 Å². The Morgan fingerprint density at radius 1 is 0.783 bits per heavy atom. The molecule has 0 radical (unpaired) electrons. The van der Waals surface area contributed by atoms with Crippen LogP contribution < -0.4 is 10.8 Å². The third kappa shape index (κ3) is 3.12. The fourth-order valence-corrected chi connectivity index (χ4v) is 2.80. The maximum Gasteiger partial charge on any atom is 0.494 e. The van der Waals surface area contributed by atoms with E-state index in [-0.39, 0.29) is 26.8 Å². The summed E-state index contributed by atoms with van der Waals surface area (Å²) in [5.74, 6) is 0. The van der Waals surface area contributed by atoms with Gasteiger partial charge in [0, 0.05) is 5.30 Å². The first-order valence-corrected chi connectivity index (χ1v) is 8.53. The first-order chi connectivity index (χ1) is 10.8. The minimum atomic E-state index is -0.337. The van der Waals surface area contributed by atoms with Gasteiger partial charge in [-0.2, -0.15) is 0 Å². The lowest BCUT2D eigenvalue weighted by Crippen LogP contribution is -2.41. The summed E-state index contributed by atoms with van der Waals surface area (Å²) in [6, 6.07) is 15.9. The number of hydrogen-bond acceptors (Lipinski definition) is 3. The van der Waals surface area contributed by atoms with Gasteiger partial charge in [0.1, 0.15) is 0 Å². The standard InChI is InChI=1S/C18H20BO3P/c1-17(2)18(3,4)22-19(21-17)15-9-5-13(6-10-15)14-7-11-16(23-20)12-8-14/h5-12H,1-4H3. The van der Waals surface area contributed by atoms with Crippen LogP contribution in [0.5, 0.6) is 0 Å². The molecule has 0 N–H and O–H groups in total. The second-order valence-electron chi connectivity index (χ2n) is 6.85. The van der Waals surface area contributed by atoms with Crippen LogP contribution in [0, 0.1) is 0 Å². The molecule has 118 valence electrons. The second kappa shape index (κ2) is 5.87. The fourth-order valence-electron chi connectivity index (χ4n) is 2.53. The predicted molar refractivity (Wildman–Crippen MR) is 94.8 cm³/mol. The summed E-state index contributed by atoms with van der Waals surface area (Å²) in [6.45, 7) is 8.22. The highest BCUT2D eigenvalue weighted by atomic mass is 31.1. The molecule has 5 heteroatoms. The van der Waals surface area contributed by atoms with Gasteiger partial charge in [0.2, 0.25) is 0 Å². The number of benzene rings is 2. The number of rotatable bonds is 3. The van der Waals surface area contributed by atoms with Crippen molar-refractivity contribution in [3.8, 4) is 11.1 Å². The molecular weight excluding hydrogens is 306 g/mol. The molecule has 0 atom stereocenters. The molecule has 3 rings (SSSR count). The van der Waals surface area contributed by atoms with Gasteiger partial charge in [0.25, 0.3) is 0 Å². The highest BCUT2D eigenvalue weighted by Crippen LogP contribution is 2.36. The van der Waals surface area contributed by atoms with Crippen LogP contribution in [0.2, 0.25) is 0 Å². The summed E-state index contributed by atoms with van der Waals surface area (Å²) in [6.07, 6.45) is 0. The SMILES string of the molecule is CC1(C)OB(c2ccc(-c3ccc(P=O)cc3)cc2)OC1(C)C. The van der Waals surface area contributed by atoms with Gasteiger partial charge in [0.05, 0.1) is 11.2 Å². The van der Waals surface area contributed by atoms with Gasteiger partial charge >= 0.3 is 7.12 Å². The van der Waals surface area contributed by atoms with Crippen LogP contribution in [0.15, 0.2) is 48.5 Å². The molecule has 0 bridgehead atoms. The topological polar surface area (TPSA) is 35.5 Å². The van der Waals surface area contributed by atoms with Crippen molar-refractivity contribution in [1.82, 2.24) is 0 Å². The van der Waals surface area contributed by atoms with E-state index < -0.39 is 0 Å². The number of hydrogen-bond donors (Lipinski definition) is 0. The van der Waals surface area contributed by atoms with E-state index in [1.807, 2.05) is 36.4 Å².